The number of fused-ring (bicyclic) bond motifs is 2. The number of benzene rings is 2. The first kappa shape index (κ1) is 13.9. The largest absolute Gasteiger partial charge is 0.507 e. The van der Waals surface area contributed by atoms with Gasteiger partial charge in [-0.05, 0) is 24.6 Å². The molecule has 0 bridgehead atoms. The second-order valence-corrected chi connectivity index (χ2v) is 5.40. The third-order valence-corrected chi connectivity index (χ3v) is 3.81. The van der Waals surface area contributed by atoms with Crippen LogP contribution in [0.25, 0.3) is 21.9 Å². The molecule has 5 nitrogen and oxygen atoms in total. The minimum atomic E-state index is -0.735. The molecule has 1 heterocycles. The van der Waals surface area contributed by atoms with E-state index in [1.165, 1.54) is 12.1 Å². The van der Waals surface area contributed by atoms with Crippen molar-refractivity contribution in [1.82, 2.24) is 0 Å². The molecular weight excluding hydrogens is 319 g/mol. The van der Waals surface area contributed by atoms with Gasteiger partial charge in [0.15, 0.2) is 16.9 Å². The maximum atomic E-state index is 12.5. The van der Waals surface area contributed by atoms with Crippen molar-refractivity contribution in [3.63, 3.8) is 0 Å². The van der Waals surface area contributed by atoms with Crippen LogP contribution in [0.5, 0.6) is 17.2 Å². The number of aromatic hydroxyl groups is 3. The molecule has 0 unspecified atom stereocenters. The quantitative estimate of drug-likeness (QED) is 0.433. The van der Waals surface area contributed by atoms with Gasteiger partial charge in [0.25, 0.3) is 0 Å². The third-order valence-electron chi connectivity index (χ3n) is 3.24. The highest BCUT2D eigenvalue weighted by atomic mass is 35.5. The van der Waals surface area contributed by atoms with E-state index in [1.54, 1.807) is 6.92 Å². The highest BCUT2D eigenvalue weighted by Gasteiger charge is 2.21. The standard InChI is InChI=1S/C14H8Cl2O5/c1-4-2-7(17)8-12(20)9-11(19)5(15)3-6(16)13(9)21-14(8)10(4)18/h2-3,17-19H,1H3. The Morgan fingerprint density at radius 3 is 2.29 bits per heavy atom. The number of phenolic OH excluding ortho intramolecular Hbond substituents is 3. The van der Waals surface area contributed by atoms with Crippen LogP contribution >= 0.6 is 23.2 Å². The predicted octanol–water partition coefficient (Wildman–Crippen LogP) is 3.68. The minimum absolute atomic E-state index is 0.00666. The second kappa shape index (κ2) is 4.44. The summed E-state index contributed by atoms with van der Waals surface area (Å²) in [7, 11) is 0. The first-order chi connectivity index (χ1) is 9.82. The van der Waals surface area contributed by atoms with Crippen molar-refractivity contribution in [2.24, 2.45) is 0 Å². The zero-order valence-corrected chi connectivity index (χ0v) is 12.1. The van der Waals surface area contributed by atoms with E-state index in [-0.39, 0.29) is 43.5 Å². The summed E-state index contributed by atoms with van der Waals surface area (Å²) in [5, 5.41) is 29.3. The van der Waals surface area contributed by atoms with Crippen molar-refractivity contribution in [3.05, 3.63) is 38.0 Å². The zero-order valence-electron chi connectivity index (χ0n) is 10.6. The minimum Gasteiger partial charge on any atom is -0.507 e. The SMILES string of the molecule is Cc1cc(O)c2c(=O)c3c(O)c(Cl)cc(Cl)c3oc2c1O. The molecule has 0 aliphatic carbocycles. The fourth-order valence-electron chi connectivity index (χ4n) is 2.21. The molecule has 2 aromatic carbocycles. The highest BCUT2D eigenvalue weighted by molar-refractivity contribution is 6.39. The molecule has 7 heteroatoms. The average Bonchev–Trinajstić information content (AvgIpc) is 2.41. The molecule has 3 N–H and O–H groups in total. The smallest absolute Gasteiger partial charge is 0.208 e. The van der Waals surface area contributed by atoms with Crippen LogP contribution in [0.4, 0.5) is 0 Å². The summed E-state index contributed by atoms with van der Waals surface area (Å²) < 4.78 is 5.43. The maximum absolute atomic E-state index is 12.5. The van der Waals surface area contributed by atoms with Crippen molar-refractivity contribution in [2.45, 2.75) is 6.92 Å². The van der Waals surface area contributed by atoms with E-state index in [1.807, 2.05) is 0 Å². The average molecular weight is 327 g/mol. The van der Waals surface area contributed by atoms with Gasteiger partial charge in [-0.25, -0.2) is 0 Å². The van der Waals surface area contributed by atoms with Crippen LogP contribution < -0.4 is 5.43 Å². The van der Waals surface area contributed by atoms with E-state index < -0.39 is 11.2 Å². The Bertz CT molecular complexity index is 975. The molecule has 0 spiro atoms. The molecule has 0 amide bonds. The summed E-state index contributed by atoms with van der Waals surface area (Å²) in [6.45, 7) is 1.54. The molecule has 0 radical (unpaired) electrons. The van der Waals surface area contributed by atoms with E-state index in [9.17, 15) is 20.1 Å². The summed E-state index contributed by atoms with van der Waals surface area (Å²) in [4.78, 5) is 12.5. The molecule has 3 rings (SSSR count). The molecular formula is C14H8Cl2O5. The lowest BCUT2D eigenvalue weighted by Crippen LogP contribution is -2.04. The summed E-state index contributed by atoms with van der Waals surface area (Å²) in [6.07, 6.45) is 0. The molecule has 0 aliphatic rings. The number of hydrogen-bond donors (Lipinski definition) is 3. The first-order valence-electron chi connectivity index (χ1n) is 5.82. The molecule has 0 fully saturated rings. The molecule has 3 aromatic rings. The Balaban J connectivity index is 2.73. The Morgan fingerprint density at radius 2 is 1.62 bits per heavy atom. The molecule has 0 saturated heterocycles. The number of rotatable bonds is 0. The van der Waals surface area contributed by atoms with E-state index in [0.29, 0.717) is 5.56 Å². The third kappa shape index (κ3) is 1.81. The van der Waals surface area contributed by atoms with E-state index in [0.717, 1.165) is 0 Å². The first-order valence-corrected chi connectivity index (χ1v) is 6.57. The van der Waals surface area contributed by atoms with E-state index >= 15 is 0 Å². The van der Waals surface area contributed by atoms with Crippen molar-refractivity contribution in [3.8, 4) is 17.2 Å². The van der Waals surface area contributed by atoms with Gasteiger partial charge in [-0.1, -0.05) is 23.2 Å². The van der Waals surface area contributed by atoms with Crippen molar-refractivity contribution < 1.29 is 19.7 Å². The van der Waals surface area contributed by atoms with Gasteiger partial charge in [0.05, 0.1) is 10.0 Å². The maximum Gasteiger partial charge on any atom is 0.208 e. The van der Waals surface area contributed by atoms with Gasteiger partial charge < -0.3 is 19.7 Å². The zero-order chi connectivity index (χ0) is 15.5. The van der Waals surface area contributed by atoms with Crippen LogP contribution in [0.2, 0.25) is 10.0 Å². The van der Waals surface area contributed by atoms with Crippen LogP contribution in [0.15, 0.2) is 21.3 Å². The topological polar surface area (TPSA) is 90.9 Å². The van der Waals surface area contributed by atoms with Crippen LogP contribution in [-0.4, -0.2) is 15.3 Å². The fraction of sp³-hybridized carbons (Fsp3) is 0.0714. The lowest BCUT2D eigenvalue weighted by molar-refractivity contribution is 0.453. The lowest BCUT2D eigenvalue weighted by atomic mass is 10.1. The normalized spacial score (nSPS) is 11.4. The summed E-state index contributed by atoms with van der Waals surface area (Å²) in [5.41, 5.74) is -0.720. The van der Waals surface area contributed by atoms with Gasteiger partial charge in [0.2, 0.25) is 5.43 Å². The summed E-state index contributed by atoms with van der Waals surface area (Å²) in [5.74, 6) is -1.15. The van der Waals surface area contributed by atoms with Crippen molar-refractivity contribution in [2.75, 3.05) is 0 Å². The Morgan fingerprint density at radius 1 is 0.952 bits per heavy atom. The molecule has 0 atom stereocenters. The van der Waals surface area contributed by atoms with Gasteiger partial charge in [-0.2, -0.15) is 0 Å². The summed E-state index contributed by atoms with van der Waals surface area (Å²) >= 11 is 11.8. The van der Waals surface area contributed by atoms with Crippen LogP contribution in [-0.2, 0) is 0 Å². The molecule has 0 saturated carbocycles. The molecule has 0 aliphatic heterocycles. The molecule has 108 valence electrons. The lowest BCUT2D eigenvalue weighted by Gasteiger charge is -2.09. The van der Waals surface area contributed by atoms with Gasteiger partial charge in [-0.3, -0.25) is 4.79 Å². The monoisotopic (exact) mass is 326 g/mol. The van der Waals surface area contributed by atoms with Crippen molar-refractivity contribution >= 4 is 45.1 Å². The highest BCUT2D eigenvalue weighted by Crippen LogP contribution is 2.40. The Kier molecular flexibility index (Phi) is 2.93. The van der Waals surface area contributed by atoms with Crippen LogP contribution in [0.1, 0.15) is 5.56 Å². The van der Waals surface area contributed by atoms with E-state index in [2.05, 4.69) is 0 Å². The van der Waals surface area contributed by atoms with Gasteiger partial charge >= 0.3 is 0 Å². The van der Waals surface area contributed by atoms with Gasteiger partial charge in [0, 0.05) is 0 Å². The molecule has 21 heavy (non-hydrogen) atoms. The van der Waals surface area contributed by atoms with Gasteiger partial charge in [-0.15, -0.1) is 0 Å². The predicted molar refractivity (Wildman–Crippen MR) is 79.7 cm³/mol. The van der Waals surface area contributed by atoms with Crippen LogP contribution in [0.3, 0.4) is 0 Å². The molecule has 1 aromatic heterocycles. The fourth-order valence-corrected chi connectivity index (χ4v) is 2.71. The summed E-state index contributed by atoms with van der Waals surface area (Å²) in [6, 6.07) is 2.45. The Labute approximate surface area is 127 Å². The van der Waals surface area contributed by atoms with Crippen molar-refractivity contribution in [1.29, 1.82) is 0 Å². The number of hydrogen-bond acceptors (Lipinski definition) is 5. The second-order valence-electron chi connectivity index (χ2n) is 4.59. The van der Waals surface area contributed by atoms with Gasteiger partial charge in [0.1, 0.15) is 22.3 Å². The number of aryl methyl sites for hydroxylation is 1. The number of halogens is 2. The van der Waals surface area contributed by atoms with Crippen LogP contribution in [0, 0.1) is 6.92 Å². The van der Waals surface area contributed by atoms with E-state index in [4.69, 9.17) is 27.6 Å². The number of phenols is 3. The Hall–Kier alpha value is -2.11.